The van der Waals surface area contributed by atoms with E-state index in [1.807, 2.05) is 41.1 Å². The smallest absolute Gasteiger partial charge is 0.320 e. The topological polar surface area (TPSA) is 61.7 Å². The zero-order chi connectivity index (χ0) is 20.7. The first-order valence-electron chi connectivity index (χ1n) is 10.2. The highest BCUT2D eigenvalue weighted by atomic mass is 16.2. The maximum Gasteiger partial charge on any atom is 0.320 e. The molecule has 154 valence electrons. The van der Waals surface area contributed by atoms with Crippen LogP contribution in [-0.2, 0) is 11.3 Å². The van der Waals surface area contributed by atoms with Gasteiger partial charge in [0.05, 0.1) is 11.7 Å². The number of carbonyl (C=O) groups excluding carboxylic acids is 2. The van der Waals surface area contributed by atoms with Crippen LogP contribution in [0.1, 0.15) is 22.9 Å². The molecule has 2 aliphatic rings. The van der Waals surface area contributed by atoms with Gasteiger partial charge in [-0.2, -0.15) is 5.10 Å². The Bertz CT molecular complexity index is 921. The van der Waals surface area contributed by atoms with E-state index in [-0.39, 0.29) is 30.4 Å². The van der Waals surface area contributed by atoms with Gasteiger partial charge in [-0.3, -0.25) is 9.48 Å². The standard InChI is InChI=1S/C22H29N5O2/c1-15-7-5-6-8-18(15)21-19-13-25(20(28)14-26-10-9-16(2)23-26)11-17(19)12-27(21)22(29)24(3)4/h5-10,17,19,21H,11-14H2,1-4H3/t17-,19-,21+/m1/s1. The van der Waals surface area contributed by atoms with Crippen LogP contribution >= 0.6 is 0 Å². The van der Waals surface area contributed by atoms with Crippen LogP contribution in [0.3, 0.4) is 0 Å². The van der Waals surface area contributed by atoms with Gasteiger partial charge in [0.1, 0.15) is 6.54 Å². The van der Waals surface area contributed by atoms with Gasteiger partial charge in [0.25, 0.3) is 0 Å². The Morgan fingerprint density at radius 1 is 1.10 bits per heavy atom. The monoisotopic (exact) mass is 395 g/mol. The Morgan fingerprint density at radius 2 is 1.86 bits per heavy atom. The number of fused-ring (bicyclic) bond motifs is 1. The SMILES string of the molecule is Cc1ccn(CC(=O)N2C[C@@H]3CN(C(=O)N(C)C)[C@@H](c4ccccc4C)[C@@H]3C2)n1. The van der Waals surface area contributed by atoms with Gasteiger partial charge < -0.3 is 14.7 Å². The fourth-order valence-electron chi connectivity index (χ4n) is 4.81. The van der Waals surface area contributed by atoms with E-state index in [2.05, 4.69) is 24.2 Å². The number of nitrogens with zero attached hydrogens (tertiary/aromatic N) is 5. The van der Waals surface area contributed by atoms with E-state index < -0.39 is 0 Å². The van der Waals surface area contributed by atoms with Crippen LogP contribution in [-0.4, -0.2) is 70.1 Å². The number of rotatable bonds is 3. The molecule has 0 aliphatic carbocycles. The lowest BCUT2D eigenvalue weighted by Gasteiger charge is -2.32. The van der Waals surface area contributed by atoms with Crippen LogP contribution in [0.5, 0.6) is 0 Å². The number of carbonyl (C=O) groups is 2. The molecule has 0 spiro atoms. The average molecular weight is 396 g/mol. The van der Waals surface area contributed by atoms with Crippen molar-refractivity contribution in [1.29, 1.82) is 0 Å². The fraction of sp³-hybridized carbons (Fsp3) is 0.500. The normalized spacial score (nSPS) is 23.4. The summed E-state index contributed by atoms with van der Waals surface area (Å²) in [6.07, 6.45) is 1.84. The number of urea groups is 1. The quantitative estimate of drug-likeness (QED) is 0.801. The Labute approximate surface area is 171 Å². The zero-order valence-corrected chi connectivity index (χ0v) is 17.6. The summed E-state index contributed by atoms with van der Waals surface area (Å²) in [4.78, 5) is 31.4. The number of benzene rings is 1. The van der Waals surface area contributed by atoms with Crippen molar-refractivity contribution >= 4 is 11.9 Å². The van der Waals surface area contributed by atoms with Gasteiger partial charge in [0.15, 0.2) is 0 Å². The molecule has 4 rings (SSSR count). The van der Waals surface area contributed by atoms with Crippen molar-refractivity contribution < 1.29 is 9.59 Å². The van der Waals surface area contributed by atoms with Crippen molar-refractivity contribution in [2.24, 2.45) is 11.8 Å². The number of aryl methyl sites for hydroxylation is 2. The Balaban J connectivity index is 1.56. The highest BCUT2D eigenvalue weighted by molar-refractivity contribution is 5.77. The molecule has 2 saturated heterocycles. The molecule has 3 amide bonds. The predicted molar refractivity (Wildman–Crippen MR) is 110 cm³/mol. The third-order valence-corrected chi connectivity index (χ3v) is 6.22. The van der Waals surface area contributed by atoms with Gasteiger partial charge in [-0.05, 0) is 31.0 Å². The van der Waals surface area contributed by atoms with Crippen molar-refractivity contribution in [3.05, 3.63) is 53.3 Å². The first kappa shape index (κ1) is 19.5. The second kappa shape index (κ2) is 7.54. The minimum absolute atomic E-state index is 0.000785. The van der Waals surface area contributed by atoms with E-state index in [1.165, 1.54) is 11.1 Å². The summed E-state index contributed by atoms with van der Waals surface area (Å²) in [5.74, 6) is 0.645. The zero-order valence-electron chi connectivity index (χ0n) is 17.6. The lowest BCUT2D eigenvalue weighted by Crippen LogP contribution is -2.42. The summed E-state index contributed by atoms with van der Waals surface area (Å²) in [5, 5.41) is 4.33. The van der Waals surface area contributed by atoms with Gasteiger partial charge in [-0.1, -0.05) is 24.3 Å². The molecule has 1 aromatic heterocycles. The minimum Gasteiger partial charge on any atom is -0.340 e. The van der Waals surface area contributed by atoms with E-state index in [4.69, 9.17) is 0 Å². The van der Waals surface area contributed by atoms with Crippen molar-refractivity contribution in [2.75, 3.05) is 33.7 Å². The number of hydrogen-bond donors (Lipinski definition) is 0. The van der Waals surface area contributed by atoms with Gasteiger partial charge in [0, 0.05) is 51.8 Å². The van der Waals surface area contributed by atoms with Crippen molar-refractivity contribution in [3.8, 4) is 0 Å². The fourth-order valence-corrected chi connectivity index (χ4v) is 4.81. The summed E-state index contributed by atoms with van der Waals surface area (Å²) in [6, 6.07) is 10.2. The molecule has 0 bridgehead atoms. The Morgan fingerprint density at radius 3 is 2.52 bits per heavy atom. The van der Waals surface area contributed by atoms with Crippen LogP contribution in [0.4, 0.5) is 4.79 Å². The highest BCUT2D eigenvalue weighted by Gasteiger charge is 2.50. The van der Waals surface area contributed by atoms with Gasteiger partial charge in [-0.25, -0.2) is 4.79 Å². The molecule has 0 radical (unpaired) electrons. The summed E-state index contributed by atoms with van der Waals surface area (Å²) < 4.78 is 1.70. The molecule has 1 aromatic carbocycles. The predicted octanol–water partition coefficient (Wildman–Crippen LogP) is 2.31. The van der Waals surface area contributed by atoms with Crippen molar-refractivity contribution in [2.45, 2.75) is 26.4 Å². The molecule has 7 heteroatoms. The van der Waals surface area contributed by atoms with E-state index in [9.17, 15) is 9.59 Å². The molecule has 0 unspecified atom stereocenters. The molecule has 2 fully saturated rings. The summed E-state index contributed by atoms with van der Waals surface area (Å²) in [7, 11) is 3.60. The van der Waals surface area contributed by atoms with E-state index in [1.54, 1.807) is 23.7 Å². The largest absolute Gasteiger partial charge is 0.340 e. The van der Waals surface area contributed by atoms with Gasteiger partial charge >= 0.3 is 6.03 Å². The molecule has 3 atom stereocenters. The van der Waals surface area contributed by atoms with Crippen molar-refractivity contribution in [3.63, 3.8) is 0 Å². The molecule has 0 saturated carbocycles. The van der Waals surface area contributed by atoms with Gasteiger partial charge in [0.2, 0.25) is 5.91 Å². The summed E-state index contributed by atoms with van der Waals surface area (Å²) in [5.41, 5.74) is 3.28. The van der Waals surface area contributed by atoms with Gasteiger partial charge in [-0.15, -0.1) is 0 Å². The number of aromatic nitrogens is 2. The van der Waals surface area contributed by atoms with Crippen LogP contribution < -0.4 is 0 Å². The van der Waals surface area contributed by atoms with Crippen LogP contribution in [0, 0.1) is 25.7 Å². The van der Waals surface area contributed by atoms with Crippen LogP contribution in [0.2, 0.25) is 0 Å². The molecule has 2 aliphatic heterocycles. The molecule has 2 aromatic rings. The lowest BCUT2D eigenvalue weighted by atomic mass is 9.88. The highest BCUT2D eigenvalue weighted by Crippen LogP contribution is 2.46. The second-order valence-corrected chi connectivity index (χ2v) is 8.51. The number of likely N-dealkylation sites (tertiary alicyclic amines) is 2. The summed E-state index contributed by atoms with van der Waals surface area (Å²) in [6.45, 7) is 6.35. The third-order valence-electron chi connectivity index (χ3n) is 6.22. The Hall–Kier alpha value is -2.83. The van der Waals surface area contributed by atoms with Crippen LogP contribution in [0.15, 0.2) is 36.5 Å². The molecule has 0 N–H and O–H groups in total. The Kier molecular flexibility index (Phi) is 5.06. The van der Waals surface area contributed by atoms with E-state index >= 15 is 0 Å². The maximum atomic E-state index is 12.9. The van der Waals surface area contributed by atoms with Crippen molar-refractivity contribution in [1.82, 2.24) is 24.5 Å². The van der Waals surface area contributed by atoms with E-state index in [0.29, 0.717) is 25.6 Å². The summed E-state index contributed by atoms with van der Waals surface area (Å²) >= 11 is 0. The minimum atomic E-state index is 0.000785. The molecule has 7 nitrogen and oxygen atoms in total. The molecule has 29 heavy (non-hydrogen) atoms. The van der Waals surface area contributed by atoms with E-state index in [0.717, 1.165) is 5.69 Å². The second-order valence-electron chi connectivity index (χ2n) is 8.51. The first-order valence-corrected chi connectivity index (χ1v) is 10.2. The molecular formula is C22H29N5O2. The first-order chi connectivity index (χ1) is 13.8. The third kappa shape index (κ3) is 3.61. The molecule has 3 heterocycles. The molecular weight excluding hydrogens is 366 g/mol. The maximum absolute atomic E-state index is 12.9. The number of amides is 3. The average Bonchev–Trinajstić information content (AvgIpc) is 3.36. The lowest BCUT2D eigenvalue weighted by molar-refractivity contribution is -0.131. The van der Waals surface area contributed by atoms with Crippen LogP contribution in [0.25, 0.3) is 0 Å². The number of hydrogen-bond acceptors (Lipinski definition) is 3.